The van der Waals surface area contributed by atoms with Crippen molar-refractivity contribution in [1.29, 1.82) is 0 Å². The van der Waals surface area contributed by atoms with E-state index in [2.05, 4.69) is 10.5 Å². The van der Waals surface area contributed by atoms with E-state index in [4.69, 9.17) is 14.0 Å². The van der Waals surface area contributed by atoms with Crippen molar-refractivity contribution in [3.05, 3.63) is 35.6 Å². The number of nitrogens with one attached hydrogen (secondary N) is 1. The molecule has 1 aliphatic heterocycles. The van der Waals surface area contributed by atoms with Gasteiger partial charge in [0, 0.05) is 12.6 Å². The zero-order valence-electron chi connectivity index (χ0n) is 13.7. The summed E-state index contributed by atoms with van der Waals surface area (Å²) in [6, 6.07) is 6.76. The molecular weight excluding hydrogens is 350 g/mol. The number of fused-ring (bicyclic) bond motifs is 1. The Hall–Kier alpha value is -2.75. The van der Waals surface area contributed by atoms with Gasteiger partial charge in [0.2, 0.25) is 22.7 Å². The number of aromatic nitrogens is 1. The highest BCUT2D eigenvalue weighted by molar-refractivity contribution is 7.92. The number of ether oxygens (including phenoxy) is 2. The first-order valence-electron chi connectivity index (χ1n) is 7.39. The van der Waals surface area contributed by atoms with Crippen molar-refractivity contribution < 1.29 is 27.2 Å². The number of hydrogen-bond donors (Lipinski definition) is 1. The van der Waals surface area contributed by atoms with Gasteiger partial charge in [0.25, 0.3) is 0 Å². The molecule has 0 spiro atoms. The largest absolute Gasteiger partial charge is 0.454 e. The molecule has 0 fully saturated rings. The molecule has 3 rings (SSSR count). The SMILES string of the molecule is Cc1cc(N(CC(=O)NCc2ccc3c(c2)OCO3)S(C)(=O)=O)no1. The summed E-state index contributed by atoms with van der Waals surface area (Å²) in [6.07, 6.45) is 1.00. The molecule has 0 saturated heterocycles. The molecule has 0 bridgehead atoms. The van der Waals surface area contributed by atoms with Crippen LogP contribution in [-0.4, -0.2) is 39.1 Å². The zero-order chi connectivity index (χ0) is 18.0. The zero-order valence-corrected chi connectivity index (χ0v) is 14.5. The molecule has 1 N–H and O–H groups in total. The standard InChI is InChI=1S/C15H17N3O6S/c1-10-5-14(17-24-10)18(25(2,20)21)8-15(19)16-7-11-3-4-12-13(6-11)23-9-22-12/h3-6H,7-9H2,1-2H3,(H,16,19). The van der Waals surface area contributed by atoms with Crippen LogP contribution in [-0.2, 0) is 21.4 Å². The Bertz CT molecular complexity index is 892. The molecule has 9 nitrogen and oxygen atoms in total. The summed E-state index contributed by atoms with van der Waals surface area (Å²) >= 11 is 0. The highest BCUT2D eigenvalue weighted by atomic mass is 32.2. The van der Waals surface area contributed by atoms with Crippen molar-refractivity contribution in [2.75, 3.05) is 23.9 Å². The molecule has 1 aliphatic rings. The van der Waals surface area contributed by atoms with E-state index in [1.165, 1.54) is 6.07 Å². The van der Waals surface area contributed by atoms with Gasteiger partial charge in [-0.05, 0) is 24.6 Å². The Morgan fingerprint density at radius 2 is 2.04 bits per heavy atom. The van der Waals surface area contributed by atoms with Crippen molar-refractivity contribution >= 4 is 21.7 Å². The van der Waals surface area contributed by atoms with Crippen LogP contribution in [0.25, 0.3) is 0 Å². The average molecular weight is 367 g/mol. The summed E-state index contributed by atoms with van der Waals surface area (Å²) < 4.78 is 40.1. The summed E-state index contributed by atoms with van der Waals surface area (Å²) in [5.74, 6) is 1.31. The number of amides is 1. The summed E-state index contributed by atoms with van der Waals surface area (Å²) in [7, 11) is -3.68. The van der Waals surface area contributed by atoms with Gasteiger partial charge in [-0.25, -0.2) is 12.7 Å². The minimum absolute atomic E-state index is 0.0678. The van der Waals surface area contributed by atoms with Gasteiger partial charge in [0.15, 0.2) is 17.3 Å². The molecule has 134 valence electrons. The minimum Gasteiger partial charge on any atom is -0.454 e. The lowest BCUT2D eigenvalue weighted by atomic mass is 10.2. The molecule has 25 heavy (non-hydrogen) atoms. The quantitative estimate of drug-likeness (QED) is 0.803. The maximum atomic E-state index is 12.2. The number of sulfonamides is 1. The maximum absolute atomic E-state index is 12.2. The Balaban J connectivity index is 1.64. The van der Waals surface area contributed by atoms with Gasteiger partial charge in [0.05, 0.1) is 6.26 Å². The number of rotatable bonds is 6. The second-order valence-corrected chi connectivity index (χ2v) is 7.44. The van der Waals surface area contributed by atoms with E-state index in [1.54, 1.807) is 25.1 Å². The van der Waals surface area contributed by atoms with Crippen molar-refractivity contribution in [2.45, 2.75) is 13.5 Å². The van der Waals surface area contributed by atoms with Crippen LogP contribution in [0.4, 0.5) is 5.82 Å². The molecule has 0 radical (unpaired) electrons. The monoisotopic (exact) mass is 367 g/mol. The van der Waals surface area contributed by atoms with E-state index in [0.29, 0.717) is 17.3 Å². The average Bonchev–Trinajstić information content (AvgIpc) is 3.17. The number of anilines is 1. The molecule has 1 aromatic carbocycles. The van der Waals surface area contributed by atoms with E-state index in [0.717, 1.165) is 16.1 Å². The molecule has 0 unspecified atom stereocenters. The normalized spacial score (nSPS) is 12.9. The Labute approximate surface area is 144 Å². The predicted octanol–water partition coefficient (Wildman–Crippen LogP) is 0.794. The molecule has 1 aromatic heterocycles. The summed E-state index contributed by atoms with van der Waals surface area (Å²) in [5, 5.41) is 6.32. The van der Waals surface area contributed by atoms with Crippen LogP contribution in [0.3, 0.4) is 0 Å². The Morgan fingerprint density at radius 3 is 2.72 bits per heavy atom. The number of carbonyl (C=O) groups excluding carboxylic acids is 1. The molecule has 0 atom stereocenters. The minimum atomic E-state index is -3.68. The fourth-order valence-electron chi connectivity index (χ4n) is 2.28. The number of benzene rings is 1. The van der Waals surface area contributed by atoms with Crippen LogP contribution in [0.1, 0.15) is 11.3 Å². The first kappa shape index (κ1) is 17.1. The van der Waals surface area contributed by atoms with Gasteiger partial charge < -0.3 is 19.3 Å². The molecular formula is C15H17N3O6S. The number of nitrogens with zero attached hydrogens (tertiary/aromatic N) is 2. The lowest BCUT2D eigenvalue weighted by molar-refractivity contribution is -0.119. The predicted molar refractivity (Wildman–Crippen MR) is 87.8 cm³/mol. The molecule has 2 heterocycles. The molecule has 0 saturated carbocycles. The Morgan fingerprint density at radius 1 is 1.28 bits per heavy atom. The van der Waals surface area contributed by atoms with E-state index in [9.17, 15) is 13.2 Å². The van der Waals surface area contributed by atoms with Crippen LogP contribution in [0.2, 0.25) is 0 Å². The Kier molecular flexibility index (Phi) is 4.53. The van der Waals surface area contributed by atoms with Crippen LogP contribution in [0, 0.1) is 6.92 Å². The number of hydrogen-bond acceptors (Lipinski definition) is 7. The van der Waals surface area contributed by atoms with Gasteiger partial charge >= 0.3 is 0 Å². The van der Waals surface area contributed by atoms with Crippen LogP contribution >= 0.6 is 0 Å². The summed E-state index contributed by atoms with van der Waals surface area (Å²) in [5.41, 5.74) is 0.806. The van der Waals surface area contributed by atoms with Gasteiger partial charge in [0.1, 0.15) is 12.3 Å². The van der Waals surface area contributed by atoms with Crippen molar-refractivity contribution in [2.24, 2.45) is 0 Å². The lowest BCUT2D eigenvalue weighted by Crippen LogP contribution is -2.40. The third-order valence-electron chi connectivity index (χ3n) is 3.49. The highest BCUT2D eigenvalue weighted by Crippen LogP contribution is 2.32. The second-order valence-electron chi connectivity index (χ2n) is 5.53. The molecule has 0 aliphatic carbocycles. The van der Waals surface area contributed by atoms with E-state index >= 15 is 0 Å². The summed E-state index contributed by atoms with van der Waals surface area (Å²) in [4.78, 5) is 12.2. The van der Waals surface area contributed by atoms with Gasteiger partial charge in [-0.15, -0.1) is 0 Å². The van der Waals surface area contributed by atoms with E-state index < -0.39 is 22.5 Å². The van der Waals surface area contributed by atoms with Crippen molar-refractivity contribution in [3.63, 3.8) is 0 Å². The summed E-state index contributed by atoms with van der Waals surface area (Å²) in [6.45, 7) is 1.64. The highest BCUT2D eigenvalue weighted by Gasteiger charge is 2.23. The van der Waals surface area contributed by atoms with Gasteiger partial charge in [-0.2, -0.15) is 0 Å². The van der Waals surface area contributed by atoms with Crippen LogP contribution in [0.5, 0.6) is 11.5 Å². The third kappa shape index (κ3) is 4.02. The molecule has 1 amide bonds. The molecule has 2 aromatic rings. The topological polar surface area (TPSA) is 111 Å². The lowest BCUT2D eigenvalue weighted by Gasteiger charge is -2.18. The van der Waals surface area contributed by atoms with E-state index in [-0.39, 0.29) is 19.2 Å². The first-order valence-corrected chi connectivity index (χ1v) is 9.24. The van der Waals surface area contributed by atoms with E-state index in [1.807, 2.05) is 0 Å². The smallest absolute Gasteiger partial charge is 0.241 e. The number of carbonyl (C=O) groups is 1. The fraction of sp³-hybridized carbons (Fsp3) is 0.333. The first-order chi connectivity index (χ1) is 11.8. The second kappa shape index (κ2) is 6.63. The third-order valence-corrected chi connectivity index (χ3v) is 4.60. The molecule has 10 heteroatoms. The van der Waals surface area contributed by atoms with Crippen LogP contribution < -0.4 is 19.1 Å². The van der Waals surface area contributed by atoms with Crippen LogP contribution in [0.15, 0.2) is 28.8 Å². The maximum Gasteiger partial charge on any atom is 0.241 e. The van der Waals surface area contributed by atoms with Crippen molar-refractivity contribution in [1.82, 2.24) is 10.5 Å². The van der Waals surface area contributed by atoms with Gasteiger partial charge in [-0.3, -0.25) is 4.79 Å². The van der Waals surface area contributed by atoms with Gasteiger partial charge in [-0.1, -0.05) is 11.2 Å². The van der Waals surface area contributed by atoms with Crippen molar-refractivity contribution in [3.8, 4) is 11.5 Å². The number of aryl methyl sites for hydroxylation is 1. The fourth-order valence-corrected chi connectivity index (χ4v) is 3.05.